The quantitative estimate of drug-likeness (QED) is 0.181. The van der Waals surface area contributed by atoms with E-state index < -0.39 is 39.2 Å². The molecule has 6 saturated carbocycles. The molecule has 0 spiro atoms. The number of carboxylic acids is 1. The topological polar surface area (TPSA) is 113 Å². The number of rotatable bonds is 9. The summed E-state index contributed by atoms with van der Waals surface area (Å²) in [6.45, 7) is 25.9. The van der Waals surface area contributed by atoms with E-state index in [-0.39, 0.29) is 56.8 Å². The van der Waals surface area contributed by atoms with Crippen LogP contribution in [0.15, 0.2) is 12.2 Å². The second-order valence-corrected chi connectivity index (χ2v) is 23.9. The Labute approximate surface area is 325 Å². The summed E-state index contributed by atoms with van der Waals surface area (Å²) < 4.78 is 46.1. The first-order chi connectivity index (χ1) is 25.0. The van der Waals surface area contributed by atoms with Crippen molar-refractivity contribution in [3.05, 3.63) is 12.2 Å². The first kappa shape index (κ1) is 40.7. The van der Waals surface area contributed by atoms with Gasteiger partial charge in [0, 0.05) is 30.6 Å². The van der Waals surface area contributed by atoms with Gasteiger partial charge in [0.2, 0.25) is 0 Å². The Kier molecular flexibility index (Phi) is 9.98. The molecule has 1 aliphatic heterocycles. The van der Waals surface area contributed by atoms with Crippen LogP contribution in [0.3, 0.4) is 0 Å². The van der Waals surface area contributed by atoms with Gasteiger partial charge in [0.25, 0.3) is 0 Å². The molecule has 1 heterocycles. The summed E-state index contributed by atoms with van der Waals surface area (Å²) in [7, 11) is -3.05. The normalized spacial score (nSPS) is 47.1. The summed E-state index contributed by atoms with van der Waals surface area (Å²) in [5.74, 6) is 0.0648. The highest BCUT2D eigenvalue weighted by Crippen LogP contribution is 2.76. The molecular formula is C44H71FN2O6S. The number of hydrogen-bond acceptors (Lipinski definition) is 7. The number of esters is 1. The Hall–Kier alpha value is -1.52. The number of carboxylic acid groups (broad SMARTS) is 1. The summed E-state index contributed by atoms with van der Waals surface area (Å²) in [6, 6.07) is -0.344. The van der Waals surface area contributed by atoms with Crippen molar-refractivity contribution in [2.24, 2.45) is 68.5 Å². The maximum absolute atomic E-state index is 15.3. The number of nitrogens with zero attached hydrogens (tertiary/aromatic N) is 1. The smallest absolute Gasteiger partial charge is 0.310 e. The Morgan fingerprint density at radius 3 is 2.13 bits per heavy atom. The van der Waals surface area contributed by atoms with Crippen LogP contribution < -0.4 is 5.32 Å². The van der Waals surface area contributed by atoms with Crippen LogP contribution in [-0.4, -0.2) is 85.4 Å². The molecule has 7 aliphatic rings. The molecule has 2 unspecified atom stereocenters. The maximum Gasteiger partial charge on any atom is 0.310 e. The lowest BCUT2D eigenvalue weighted by Gasteiger charge is -2.73. The van der Waals surface area contributed by atoms with Gasteiger partial charge in [0.05, 0.1) is 29.4 Å². The molecule has 0 aromatic carbocycles. The summed E-state index contributed by atoms with van der Waals surface area (Å²) >= 11 is 0. The molecule has 0 aromatic heterocycles. The maximum atomic E-state index is 15.3. The van der Waals surface area contributed by atoms with Crippen LogP contribution >= 0.6 is 0 Å². The predicted octanol–water partition coefficient (Wildman–Crippen LogP) is 7.71. The van der Waals surface area contributed by atoms with Crippen molar-refractivity contribution >= 4 is 21.8 Å². The van der Waals surface area contributed by atoms with Gasteiger partial charge >= 0.3 is 11.9 Å². The van der Waals surface area contributed by atoms with Crippen LogP contribution in [0.5, 0.6) is 0 Å². The number of nitrogens with one attached hydrogen (secondary N) is 1. The van der Waals surface area contributed by atoms with Gasteiger partial charge in [0.15, 0.2) is 9.84 Å². The lowest BCUT2D eigenvalue weighted by atomic mass is 9.32. The van der Waals surface area contributed by atoms with E-state index in [0.717, 1.165) is 51.4 Å². The Morgan fingerprint density at radius 1 is 0.870 bits per heavy atom. The molecule has 10 heteroatoms. The van der Waals surface area contributed by atoms with E-state index in [9.17, 15) is 23.1 Å². The van der Waals surface area contributed by atoms with Crippen LogP contribution in [0.25, 0.3) is 0 Å². The van der Waals surface area contributed by atoms with E-state index in [2.05, 4.69) is 58.3 Å². The highest BCUT2D eigenvalue weighted by molar-refractivity contribution is 7.91. The number of halogens is 1. The van der Waals surface area contributed by atoms with Crippen molar-refractivity contribution in [1.82, 2.24) is 10.2 Å². The van der Waals surface area contributed by atoms with E-state index in [1.165, 1.54) is 18.4 Å². The lowest BCUT2D eigenvalue weighted by molar-refractivity contribution is -0.246. The van der Waals surface area contributed by atoms with Crippen LogP contribution in [0.1, 0.15) is 127 Å². The molecule has 1 saturated heterocycles. The number of allylic oxidation sites excluding steroid dienone is 1. The number of sulfone groups is 1. The van der Waals surface area contributed by atoms with Crippen molar-refractivity contribution < 1.29 is 32.2 Å². The first-order valence-electron chi connectivity index (χ1n) is 21.4. The largest absolute Gasteiger partial charge is 0.481 e. The van der Waals surface area contributed by atoms with Crippen molar-refractivity contribution in [2.45, 2.75) is 150 Å². The Balaban J connectivity index is 1.11. The zero-order chi connectivity index (χ0) is 39.6. The molecule has 7 fully saturated rings. The SMILES string of the molecule is C=C(C)[C@@H]1CC[C@]2(NCC(C(C)F)N3CCS(=O)(=O)CC3)CC[C@]3(C)[C@H](CC[C@@H]4[C@@]5(C)CC[C@H](OC(=O)[C@@H]6[C@H](C(=O)O)C6(C)C)C(C)(C)[C@@H]5CC[C@]43C)[C@@H]12. The molecule has 0 radical (unpaired) electrons. The molecule has 6 aliphatic carbocycles. The van der Waals surface area contributed by atoms with Crippen molar-refractivity contribution in [2.75, 3.05) is 31.1 Å². The molecule has 7 rings (SSSR count). The summed E-state index contributed by atoms with van der Waals surface area (Å²) in [5, 5.41) is 13.8. The fourth-order valence-electron chi connectivity index (χ4n) is 15.3. The average Bonchev–Trinajstić information content (AvgIpc) is 3.45. The molecule has 54 heavy (non-hydrogen) atoms. The molecule has 2 N–H and O–H groups in total. The van der Waals surface area contributed by atoms with E-state index in [1.807, 2.05) is 13.8 Å². The third-order valence-electron chi connectivity index (χ3n) is 18.7. The van der Waals surface area contributed by atoms with E-state index >= 15 is 4.39 Å². The number of hydrogen-bond donors (Lipinski definition) is 2. The number of fused-ring (bicyclic) bond motifs is 7. The van der Waals surface area contributed by atoms with Gasteiger partial charge in [-0.15, -0.1) is 0 Å². The fourth-order valence-corrected chi connectivity index (χ4v) is 16.6. The van der Waals surface area contributed by atoms with E-state index in [1.54, 1.807) is 6.92 Å². The molecule has 306 valence electrons. The highest BCUT2D eigenvalue weighted by Gasteiger charge is 2.72. The average molecular weight is 775 g/mol. The van der Waals surface area contributed by atoms with Gasteiger partial charge in [-0.3, -0.25) is 14.5 Å². The van der Waals surface area contributed by atoms with Gasteiger partial charge in [-0.25, -0.2) is 12.8 Å². The minimum absolute atomic E-state index is 0.0766. The monoisotopic (exact) mass is 775 g/mol. The summed E-state index contributed by atoms with van der Waals surface area (Å²) in [6.07, 6.45) is 9.54. The fraction of sp³-hybridized carbons (Fsp3) is 0.909. The zero-order valence-electron chi connectivity index (χ0n) is 34.8. The Bertz CT molecular complexity index is 1630. The second-order valence-electron chi connectivity index (χ2n) is 21.6. The van der Waals surface area contributed by atoms with Gasteiger partial charge in [-0.2, -0.15) is 0 Å². The summed E-state index contributed by atoms with van der Waals surface area (Å²) in [5.41, 5.74) is 0.805. The number of alkyl halides is 1. The third-order valence-corrected chi connectivity index (χ3v) is 20.3. The number of ether oxygens (including phenoxy) is 1. The van der Waals surface area contributed by atoms with Gasteiger partial charge < -0.3 is 15.2 Å². The van der Waals surface area contributed by atoms with Crippen molar-refractivity contribution in [3.8, 4) is 0 Å². The van der Waals surface area contributed by atoms with Crippen LogP contribution in [-0.2, 0) is 24.2 Å². The number of aliphatic carboxylic acids is 1. The van der Waals surface area contributed by atoms with Crippen molar-refractivity contribution in [1.29, 1.82) is 0 Å². The van der Waals surface area contributed by atoms with E-state index in [0.29, 0.717) is 49.2 Å². The predicted molar refractivity (Wildman–Crippen MR) is 210 cm³/mol. The molecular weight excluding hydrogens is 704 g/mol. The standard InChI is InChI=1S/C44H71FN2O6S/c1-26(2)28-13-18-44(46-25-30(27(3)45)47-21-23-54(51,52)24-22-47)20-19-42(9)29(34(28)44)11-12-32-41(8)16-15-33(39(4,5)31(41)14-17-43(32,42)10)53-38(50)36-35(37(48)49)40(36,6)7/h27-36,46H,1,11-25H2,2-10H3,(H,48,49)/t27?,28-,29+,30?,31-,32+,33-,34+,35+,36-,41-,42+,43+,44-/m0/s1. The van der Waals surface area contributed by atoms with Gasteiger partial charge in [-0.05, 0) is 129 Å². The number of carbonyl (C=O) groups is 2. The number of carbonyl (C=O) groups excluding carboxylic acids is 1. The molecule has 8 nitrogen and oxygen atoms in total. The van der Waals surface area contributed by atoms with Gasteiger partial charge in [0.1, 0.15) is 12.3 Å². The minimum atomic E-state index is -3.05. The Morgan fingerprint density at radius 2 is 1.54 bits per heavy atom. The third kappa shape index (κ3) is 6.00. The van der Waals surface area contributed by atoms with Crippen molar-refractivity contribution in [3.63, 3.8) is 0 Å². The van der Waals surface area contributed by atoms with Crippen LogP contribution in [0.2, 0.25) is 0 Å². The molecule has 14 atom stereocenters. The lowest BCUT2D eigenvalue weighted by Crippen LogP contribution is -2.69. The van der Waals surface area contributed by atoms with Crippen LogP contribution in [0, 0.1) is 68.5 Å². The van der Waals surface area contributed by atoms with E-state index in [4.69, 9.17) is 4.74 Å². The second kappa shape index (κ2) is 13.3. The van der Waals surface area contributed by atoms with Gasteiger partial charge in [-0.1, -0.05) is 60.6 Å². The molecule has 0 amide bonds. The first-order valence-corrected chi connectivity index (χ1v) is 23.2. The minimum Gasteiger partial charge on any atom is -0.481 e. The highest BCUT2D eigenvalue weighted by atomic mass is 32.2. The zero-order valence-corrected chi connectivity index (χ0v) is 35.6. The summed E-state index contributed by atoms with van der Waals surface area (Å²) in [4.78, 5) is 27.4. The van der Waals surface area contributed by atoms with Crippen LogP contribution in [0.4, 0.5) is 4.39 Å². The molecule has 0 aromatic rings. The molecule has 0 bridgehead atoms.